The highest BCUT2D eigenvalue weighted by Gasteiger charge is 2.15. The summed E-state index contributed by atoms with van der Waals surface area (Å²) in [6.07, 6.45) is 3.81. The molecular formula is C7H13N3. The summed E-state index contributed by atoms with van der Waals surface area (Å²) >= 11 is 0. The first-order valence-electron chi connectivity index (χ1n) is 3.52. The third-order valence-electron chi connectivity index (χ3n) is 1.33. The predicted molar refractivity (Wildman–Crippen MR) is 43.1 cm³/mol. The van der Waals surface area contributed by atoms with Crippen LogP contribution in [-0.4, -0.2) is 24.1 Å². The van der Waals surface area contributed by atoms with Gasteiger partial charge in [0.05, 0.1) is 6.54 Å². The van der Waals surface area contributed by atoms with E-state index in [2.05, 4.69) is 24.1 Å². The Morgan fingerprint density at radius 3 is 2.20 bits per heavy atom. The summed E-state index contributed by atoms with van der Waals surface area (Å²) in [7, 11) is 0. The average Bonchev–Trinajstić information content (AvgIpc) is 1.88. The van der Waals surface area contributed by atoms with Crippen molar-refractivity contribution in [2.24, 2.45) is 15.6 Å². The maximum atomic E-state index is 4.11. The Labute approximate surface area is 61.4 Å². The fourth-order valence-corrected chi connectivity index (χ4v) is 0.657. The first-order chi connectivity index (χ1) is 4.64. The summed E-state index contributed by atoms with van der Waals surface area (Å²) in [5, 5.41) is 9.89. The van der Waals surface area contributed by atoms with Gasteiger partial charge in [0.1, 0.15) is 0 Å². The van der Waals surface area contributed by atoms with Gasteiger partial charge >= 0.3 is 0 Å². The molecule has 0 spiro atoms. The van der Waals surface area contributed by atoms with E-state index in [1.807, 2.05) is 19.4 Å². The van der Waals surface area contributed by atoms with Gasteiger partial charge in [0.15, 0.2) is 0 Å². The van der Waals surface area contributed by atoms with Crippen LogP contribution in [0.5, 0.6) is 0 Å². The van der Waals surface area contributed by atoms with E-state index in [1.54, 1.807) is 5.12 Å². The van der Waals surface area contributed by atoms with Crippen molar-refractivity contribution >= 4 is 12.4 Å². The molecule has 56 valence electrons. The Morgan fingerprint density at radius 2 is 1.80 bits per heavy atom. The SMILES string of the molecule is CCN1N=CC(C)(C)C=N1. The van der Waals surface area contributed by atoms with Crippen LogP contribution in [0, 0.1) is 5.41 Å². The maximum absolute atomic E-state index is 4.11. The minimum atomic E-state index is 0.0334. The zero-order chi connectivity index (χ0) is 7.61. The molecule has 1 aliphatic rings. The van der Waals surface area contributed by atoms with Crippen molar-refractivity contribution in [3.63, 3.8) is 0 Å². The zero-order valence-corrected chi connectivity index (χ0v) is 6.70. The first kappa shape index (κ1) is 7.25. The molecule has 3 heteroatoms. The summed E-state index contributed by atoms with van der Waals surface area (Å²) in [5.74, 6) is 0. The van der Waals surface area contributed by atoms with Crippen LogP contribution in [0.3, 0.4) is 0 Å². The summed E-state index contributed by atoms with van der Waals surface area (Å²) in [6, 6.07) is 0. The van der Waals surface area contributed by atoms with Crippen molar-refractivity contribution in [3.8, 4) is 0 Å². The van der Waals surface area contributed by atoms with Gasteiger partial charge in [-0.15, -0.1) is 0 Å². The lowest BCUT2D eigenvalue weighted by Gasteiger charge is -2.21. The summed E-state index contributed by atoms with van der Waals surface area (Å²) < 4.78 is 0. The van der Waals surface area contributed by atoms with Crippen molar-refractivity contribution < 1.29 is 0 Å². The second-order valence-electron chi connectivity index (χ2n) is 3.00. The van der Waals surface area contributed by atoms with E-state index in [0.717, 1.165) is 6.54 Å². The predicted octanol–water partition coefficient (Wildman–Crippen LogP) is 1.32. The molecule has 0 bridgehead atoms. The zero-order valence-electron chi connectivity index (χ0n) is 6.70. The number of hydrogen-bond donors (Lipinski definition) is 0. The quantitative estimate of drug-likeness (QED) is 0.538. The minimum Gasteiger partial charge on any atom is -0.186 e. The summed E-state index contributed by atoms with van der Waals surface area (Å²) in [5.41, 5.74) is 0.0334. The fourth-order valence-electron chi connectivity index (χ4n) is 0.657. The number of rotatable bonds is 1. The smallest absolute Gasteiger partial charge is 0.0578 e. The third kappa shape index (κ3) is 1.56. The van der Waals surface area contributed by atoms with Crippen LogP contribution >= 0.6 is 0 Å². The second kappa shape index (κ2) is 2.40. The Kier molecular flexibility index (Phi) is 1.74. The van der Waals surface area contributed by atoms with Gasteiger partial charge in [-0.1, -0.05) is 0 Å². The van der Waals surface area contributed by atoms with Crippen LogP contribution in [0.4, 0.5) is 0 Å². The van der Waals surface area contributed by atoms with Crippen molar-refractivity contribution in [2.75, 3.05) is 6.54 Å². The molecule has 0 atom stereocenters. The van der Waals surface area contributed by atoms with Crippen LogP contribution in [-0.2, 0) is 0 Å². The lowest BCUT2D eigenvalue weighted by Crippen LogP contribution is -2.25. The fraction of sp³-hybridized carbons (Fsp3) is 0.714. The average molecular weight is 139 g/mol. The highest BCUT2D eigenvalue weighted by atomic mass is 15.7. The van der Waals surface area contributed by atoms with Gasteiger partial charge in [-0.05, 0) is 20.8 Å². The highest BCUT2D eigenvalue weighted by Crippen LogP contribution is 2.12. The topological polar surface area (TPSA) is 28.0 Å². The molecule has 0 amide bonds. The number of hydrazone groups is 2. The Hall–Kier alpha value is -0.860. The Morgan fingerprint density at radius 1 is 1.30 bits per heavy atom. The monoisotopic (exact) mass is 139 g/mol. The molecule has 10 heavy (non-hydrogen) atoms. The molecule has 0 radical (unpaired) electrons. The maximum Gasteiger partial charge on any atom is 0.0578 e. The first-order valence-corrected chi connectivity index (χ1v) is 3.52. The van der Waals surface area contributed by atoms with Gasteiger partial charge < -0.3 is 0 Å². The molecule has 1 heterocycles. The van der Waals surface area contributed by atoms with Crippen LogP contribution < -0.4 is 0 Å². The Bertz CT molecular complexity index is 154. The molecule has 0 aromatic rings. The Balaban J connectivity index is 2.62. The van der Waals surface area contributed by atoms with Gasteiger partial charge in [0.25, 0.3) is 0 Å². The molecule has 0 aromatic heterocycles. The molecule has 3 nitrogen and oxygen atoms in total. The largest absolute Gasteiger partial charge is 0.186 e. The molecular weight excluding hydrogens is 126 g/mol. The molecule has 0 saturated carbocycles. The number of nitrogens with zero attached hydrogens (tertiary/aromatic N) is 3. The van der Waals surface area contributed by atoms with E-state index in [9.17, 15) is 0 Å². The van der Waals surface area contributed by atoms with Gasteiger partial charge in [-0.2, -0.15) is 15.3 Å². The molecule has 0 saturated heterocycles. The van der Waals surface area contributed by atoms with Crippen molar-refractivity contribution in [1.29, 1.82) is 0 Å². The number of hydrogen-bond acceptors (Lipinski definition) is 3. The highest BCUT2D eigenvalue weighted by molar-refractivity contribution is 5.88. The standard InChI is InChI=1S/C7H13N3/c1-4-10-8-5-7(2,3)6-9-10/h5-6H,4H2,1-3H3. The molecule has 0 N–H and O–H groups in total. The van der Waals surface area contributed by atoms with Crippen molar-refractivity contribution in [3.05, 3.63) is 0 Å². The molecule has 1 rings (SSSR count). The molecule has 0 aliphatic carbocycles. The van der Waals surface area contributed by atoms with Crippen LogP contribution in [0.15, 0.2) is 10.2 Å². The normalized spacial score (nSPS) is 21.7. The van der Waals surface area contributed by atoms with Gasteiger partial charge in [-0.3, -0.25) is 0 Å². The van der Waals surface area contributed by atoms with E-state index in [4.69, 9.17) is 0 Å². The van der Waals surface area contributed by atoms with E-state index < -0.39 is 0 Å². The summed E-state index contributed by atoms with van der Waals surface area (Å²) in [6.45, 7) is 7.01. The van der Waals surface area contributed by atoms with E-state index in [1.165, 1.54) is 0 Å². The van der Waals surface area contributed by atoms with Crippen LogP contribution in [0.1, 0.15) is 20.8 Å². The second-order valence-corrected chi connectivity index (χ2v) is 3.00. The van der Waals surface area contributed by atoms with E-state index >= 15 is 0 Å². The van der Waals surface area contributed by atoms with E-state index in [-0.39, 0.29) is 5.41 Å². The van der Waals surface area contributed by atoms with Crippen LogP contribution in [0.25, 0.3) is 0 Å². The third-order valence-corrected chi connectivity index (χ3v) is 1.33. The molecule has 0 aromatic carbocycles. The van der Waals surface area contributed by atoms with Crippen molar-refractivity contribution in [1.82, 2.24) is 5.12 Å². The molecule has 0 fully saturated rings. The molecule has 1 aliphatic heterocycles. The van der Waals surface area contributed by atoms with E-state index in [0.29, 0.717) is 0 Å². The lowest BCUT2D eigenvalue weighted by atomic mass is 9.97. The van der Waals surface area contributed by atoms with Crippen molar-refractivity contribution in [2.45, 2.75) is 20.8 Å². The van der Waals surface area contributed by atoms with Gasteiger partial charge in [-0.25, -0.2) is 0 Å². The van der Waals surface area contributed by atoms with Gasteiger partial charge in [0, 0.05) is 17.8 Å². The molecule has 0 unspecified atom stereocenters. The minimum absolute atomic E-state index is 0.0334. The summed E-state index contributed by atoms with van der Waals surface area (Å²) in [4.78, 5) is 0. The van der Waals surface area contributed by atoms with Crippen LogP contribution in [0.2, 0.25) is 0 Å². The lowest BCUT2D eigenvalue weighted by molar-refractivity contribution is 0.312. The van der Waals surface area contributed by atoms with Gasteiger partial charge in [0.2, 0.25) is 0 Å².